The van der Waals surface area contributed by atoms with Crippen LogP contribution in [0.3, 0.4) is 0 Å². The Bertz CT molecular complexity index is 784. The van der Waals surface area contributed by atoms with Crippen molar-refractivity contribution in [2.75, 3.05) is 0 Å². The summed E-state index contributed by atoms with van der Waals surface area (Å²) in [5, 5.41) is 10.6. The normalized spacial score (nSPS) is 16.7. The van der Waals surface area contributed by atoms with Crippen molar-refractivity contribution in [3.05, 3.63) is 59.7 Å². The molecule has 26 heavy (non-hydrogen) atoms. The van der Waals surface area contributed by atoms with Crippen LogP contribution in [0, 0.1) is 11.6 Å². The monoisotopic (exact) mass is 383 g/mol. The molecule has 2 aromatic rings. The van der Waals surface area contributed by atoms with Crippen LogP contribution in [0.4, 0.5) is 8.78 Å². The van der Waals surface area contributed by atoms with Gasteiger partial charge in [-0.1, -0.05) is 6.07 Å². The molecule has 142 valence electrons. The largest absolute Gasteiger partial charge is 0.388 e. The molecule has 1 unspecified atom stereocenters. The van der Waals surface area contributed by atoms with Crippen molar-refractivity contribution in [2.45, 2.75) is 50.5 Å². The Morgan fingerprint density at radius 3 is 2.35 bits per heavy atom. The van der Waals surface area contributed by atoms with E-state index in [0.29, 0.717) is 5.56 Å². The van der Waals surface area contributed by atoms with Crippen LogP contribution >= 0.6 is 0 Å². The summed E-state index contributed by atoms with van der Waals surface area (Å²) < 4.78 is 42.7. The summed E-state index contributed by atoms with van der Waals surface area (Å²) in [4.78, 5) is 7.73. The molecule has 2 N–H and O–H groups in total. The average molecular weight is 383 g/mol. The van der Waals surface area contributed by atoms with E-state index in [1.807, 2.05) is 0 Å². The van der Waals surface area contributed by atoms with E-state index in [0.717, 1.165) is 12.1 Å². The number of halogens is 2. The number of aliphatic hydroxyl groups is 1. The molecule has 0 aliphatic heterocycles. The molecule has 1 aromatic heterocycles. The van der Waals surface area contributed by atoms with Crippen LogP contribution < -0.4 is 4.72 Å². The molecule has 0 fully saturated rings. The lowest BCUT2D eigenvalue weighted by molar-refractivity contribution is 0.130. The van der Waals surface area contributed by atoms with Crippen LogP contribution in [0.2, 0.25) is 0 Å². The Morgan fingerprint density at radius 2 is 1.81 bits per heavy atom. The Hall–Kier alpha value is -1.77. The maximum Gasteiger partial charge on any atom is 0.131 e. The number of aliphatic hydroxyl groups excluding tert-OH is 1. The third-order valence-corrected chi connectivity index (χ3v) is 5.71. The Morgan fingerprint density at radius 1 is 1.19 bits per heavy atom. The van der Waals surface area contributed by atoms with Gasteiger partial charge in [0.2, 0.25) is 0 Å². The van der Waals surface area contributed by atoms with Crippen molar-refractivity contribution in [1.82, 2.24) is 14.7 Å². The van der Waals surface area contributed by atoms with Crippen molar-refractivity contribution in [1.29, 1.82) is 0 Å². The number of hydrogen-bond donors (Lipinski definition) is 2. The zero-order chi connectivity index (χ0) is 19.5. The molecule has 2 rings (SSSR count). The van der Waals surface area contributed by atoms with Gasteiger partial charge in [0.25, 0.3) is 0 Å². The van der Waals surface area contributed by atoms with E-state index in [-0.39, 0.29) is 12.0 Å². The van der Waals surface area contributed by atoms with Gasteiger partial charge < -0.3 is 5.11 Å². The van der Waals surface area contributed by atoms with Crippen molar-refractivity contribution in [2.24, 2.45) is 0 Å². The quantitative estimate of drug-likeness (QED) is 0.804. The lowest BCUT2D eigenvalue weighted by Crippen LogP contribution is -2.47. The van der Waals surface area contributed by atoms with E-state index < -0.39 is 39.0 Å². The number of rotatable bonds is 6. The van der Waals surface area contributed by atoms with Gasteiger partial charge in [0.15, 0.2) is 0 Å². The maximum atomic E-state index is 14.5. The molecule has 0 amide bonds. The Labute approximate surface area is 154 Å². The molecule has 1 aromatic carbocycles. The maximum absolute atomic E-state index is 14.5. The molecule has 0 bridgehead atoms. The van der Waals surface area contributed by atoms with Crippen LogP contribution in [0.1, 0.15) is 51.3 Å². The van der Waals surface area contributed by atoms with Crippen LogP contribution in [-0.2, 0) is 16.5 Å². The third-order valence-electron chi connectivity index (χ3n) is 3.97. The second kappa shape index (κ2) is 7.85. The molecule has 1 heterocycles. The fourth-order valence-corrected chi connectivity index (χ4v) is 3.40. The standard InChI is InChI=1S/C18H23F2N3O2S/c1-17(2,3)26(25)23-18(4,14-6-5-13(19)7-15(14)20)8-16(24)12-9-21-11-22-10-12/h5-7,9-11,16,23-24H,8H2,1-4H3/t16-,18+,26?/m1/s1. The van der Waals surface area contributed by atoms with Crippen molar-refractivity contribution < 1.29 is 18.1 Å². The van der Waals surface area contributed by atoms with Gasteiger partial charge in [-0.3, -0.25) is 0 Å². The van der Waals surface area contributed by atoms with E-state index in [9.17, 15) is 18.1 Å². The highest BCUT2D eigenvalue weighted by atomic mass is 32.2. The van der Waals surface area contributed by atoms with Gasteiger partial charge in [-0.2, -0.15) is 0 Å². The fourth-order valence-electron chi connectivity index (χ4n) is 2.49. The predicted molar refractivity (Wildman–Crippen MR) is 96.3 cm³/mol. The van der Waals surface area contributed by atoms with Crippen molar-refractivity contribution in [3.63, 3.8) is 0 Å². The zero-order valence-electron chi connectivity index (χ0n) is 15.2. The van der Waals surface area contributed by atoms with E-state index in [1.165, 1.54) is 24.8 Å². The van der Waals surface area contributed by atoms with Crippen molar-refractivity contribution >= 4 is 11.0 Å². The smallest absolute Gasteiger partial charge is 0.131 e. The molecular formula is C18H23F2N3O2S. The molecule has 8 heteroatoms. The average Bonchev–Trinajstić information content (AvgIpc) is 2.54. The molecule has 5 nitrogen and oxygen atoms in total. The van der Waals surface area contributed by atoms with Gasteiger partial charge >= 0.3 is 0 Å². The summed E-state index contributed by atoms with van der Waals surface area (Å²) in [6, 6.07) is 3.20. The first kappa shape index (κ1) is 20.5. The van der Waals surface area contributed by atoms with Crippen LogP contribution in [-0.4, -0.2) is 24.0 Å². The second-order valence-electron chi connectivity index (χ2n) is 7.33. The summed E-state index contributed by atoms with van der Waals surface area (Å²) in [5.41, 5.74) is -0.650. The Balaban J connectivity index is 2.42. The molecular weight excluding hydrogens is 360 g/mol. The minimum absolute atomic E-state index is 0.00918. The summed E-state index contributed by atoms with van der Waals surface area (Å²) in [5.74, 6) is -1.48. The first-order valence-electron chi connectivity index (χ1n) is 8.11. The summed E-state index contributed by atoms with van der Waals surface area (Å²) in [6.45, 7) is 6.96. The third kappa shape index (κ3) is 4.90. The zero-order valence-corrected chi connectivity index (χ0v) is 16.0. The van der Waals surface area contributed by atoms with Gasteiger partial charge in [-0.25, -0.2) is 27.7 Å². The molecule has 0 radical (unpaired) electrons. The van der Waals surface area contributed by atoms with E-state index in [2.05, 4.69) is 14.7 Å². The van der Waals surface area contributed by atoms with Crippen molar-refractivity contribution in [3.8, 4) is 0 Å². The summed E-state index contributed by atoms with van der Waals surface area (Å²) in [7, 11) is -1.55. The van der Waals surface area contributed by atoms with Crippen LogP contribution in [0.15, 0.2) is 36.9 Å². The SMILES string of the molecule is CC(C)(C)S(=O)N[C@@](C)(C[C@@H](O)c1cncnc1)c1ccc(F)cc1F. The van der Waals surface area contributed by atoms with Crippen LogP contribution in [0.25, 0.3) is 0 Å². The molecule has 0 aliphatic carbocycles. The molecule has 0 aliphatic rings. The first-order valence-corrected chi connectivity index (χ1v) is 9.26. The number of nitrogens with zero attached hydrogens (tertiary/aromatic N) is 2. The lowest BCUT2D eigenvalue weighted by atomic mass is 9.85. The number of hydrogen-bond acceptors (Lipinski definition) is 4. The van der Waals surface area contributed by atoms with E-state index in [4.69, 9.17) is 0 Å². The van der Waals surface area contributed by atoms with Gasteiger partial charge in [0.1, 0.15) is 18.0 Å². The Kier molecular flexibility index (Phi) is 6.21. The minimum Gasteiger partial charge on any atom is -0.388 e. The number of nitrogens with one attached hydrogen (secondary N) is 1. The summed E-state index contributed by atoms with van der Waals surface area (Å²) >= 11 is 0. The summed E-state index contributed by atoms with van der Waals surface area (Å²) in [6.07, 6.45) is 3.21. The topological polar surface area (TPSA) is 75.1 Å². The van der Waals surface area contributed by atoms with E-state index >= 15 is 0 Å². The highest BCUT2D eigenvalue weighted by molar-refractivity contribution is 7.84. The van der Waals surface area contributed by atoms with E-state index in [1.54, 1.807) is 27.7 Å². The molecule has 0 saturated carbocycles. The fraction of sp³-hybridized carbons (Fsp3) is 0.444. The highest BCUT2D eigenvalue weighted by Crippen LogP contribution is 2.34. The van der Waals surface area contributed by atoms with Gasteiger partial charge in [0.05, 0.1) is 27.4 Å². The number of aromatic nitrogens is 2. The van der Waals surface area contributed by atoms with Crippen LogP contribution in [0.5, 0.6) is 0 Å². The minimum atomic E-state index is -1.55. The molecule has 3 atom stereocenters. The second-order valence-corrected chi connectivity index (χ2v) is 9.30. The first-order chi connectivity index (χ1) is 12.0. The molecule has 0 spiro atoms. The van der Waals surface area contributed by atoms with Gasteiger partial charge in [-0.15, -0.1) is 0 Å². The molecule has 0 saturated heterocycles. The predicted octanol–water partition coefficient (Wildman–Crippen LogP) is 3.15. The highest BCUT2D eigenvalue weighted by Gasteiger charge is 2.36. The van der Waals surface area contributed by atoms with Gasteiger partial charge in [0, 0.05) is 36.0 Å². The number of benzene rings is 1. The lowest BCUT2D eigenvalue weighted by Gasteiger charge is -2.35. The van der Waals surface area contributed by atoms with Gasteiger partial charge in [-0.05, 0) is 33.8 Å².